The lowest BCUT2D eigenvalue weighted by atomic mass is 10.0. The fraction of sp³-hybridized carbons (Fsp3) is 0.385. The Morgan fingerprint density at radius 1 is 0.862 bits per heavy atom. The molecule has 0 N–H and O–H groups in total. The summed E-state index contributed by atoms with van der Waals surface area (Å²) in [5, 5.41) is 0. The zero-order chi connectivity index (χ0) is 21.1. The number of rotatable bonds is 11. The maximum absolute atomic E-state index is 12.4. The van der Waals surface area contributed by atoms with E-state index in [1.807, 2.05) is 30.3 Å². The van der Waals surface area contributed by atoms with Gasteiger partial charge in [0.1, 0.15) is 0 Å². The highest BCUT2D eigenvalue weighted by molar-refractivity contribution is 6.09. The molecule has 154 valence electrons. The van der Waals surface area contributed by atoms with Crippen molar-refractivity contribution in [1.82, 2.24) is 0 Å². The predicted molar refractivity (Wildman–Crippen MR) is 119 cm³/mol. The standard InChI is InChI=1S/C26H32O3/c1-20(2)11-7-4-5-10-18-29-26(28)21(3)19-22-14-16-24(17-15-22)25(27)23-12-8-6-9-13-23/h6,8-9,12-17,19-20H,4-5,7,10-11,18H2,1-3H3/b21-19+. The summed E-state index contributed by atoms with van der Waals surface area (Å²) >= 11 is 0. The number of hydrogen-bond donors (Lipinski definition) is 0. The van der Waals surface area contributed by atoms with Crippen LogP contribution in [0.15, 0.2) is 60.2 Å². The minimum atomic E-state index is -0.281. The first-order valence-electron chi connectivity index (χ1n) is 10.5. The van der Waals surface area contributed by atoms with Gasteiger partial charge in [-0.1, -0.05) is 94.1 Å². The molecule has 0 fully saturated rings. The molecule has 2 aromatic rings. The number of carbonyl (C=O) groups is 2. The van der Waals surface area contributed by atoms with E-state index >= 15 is 0 Å². The van der Waals surface area contributed by atoms with Crippen LogP contribution in [0, 0.1) is 5.92 Å². The Morgan fingerprint density at radius 2 is 1.48 bits per heavy atom. The monoisotopic (exact) mass is 392 g/mol. The normalized spacial score (nSPS) is 11.5. The van der Waals surface area contributed by atoms with Crippen molar-refractivity contribution in [3.63, 3.8) is 0 Å². The Bertz CT molecular complexity index is 802. The van der Waals surface area contributed by atoms with Gasteiger partial charge < -0.3 is 4.74 Å². The molecular formula is C26H32O3. The molecule has 0 saturated heterocycles. The van der Waals surface area contributed by atoms with Crippen LogP contribution in [-0.4, -0.2) is 18.4 Å². The Hall–Kier alpha value is -2.68. The molecule has 0 spiro atoms. The van der Waals surface area contributed by atoms with E-state index < -0.39 is 0 Å². The van der Waals surface area contributed by atoms with Crippen LogP contribution in [0.5, 0.6) is 0 Å². The van der Waals surface area contributed by atoms with Crippen LogP contribution in [-0.2, 0) is 9.53 Å². The molecule has 0 aliphatic carbocycles. The first kappa shape index (κ1) is 22.6. The fourth-order valence-corrected chi connectivity index (χ4v) is 3.08. The Kier molecular flexibility index (Phi) is 9.36. The van der Waals surface area contributed by atoms with Gasteiger partial charge in [0.05, 0.1) is 6.61 Å². The molecule has 2 aromatic carbocycles. The van der Waals surface area contributed by atoms with Gasteiger partial charge in [0, 0.05) is 16.7 Å². The van der Waals surface area contributed by atoms with E-state index in [0.717, 1.165) is 24.3 Å². The van der Waals surface area contributed by atoms with Crippen molar-refractivity contribution in [2.45, 2.75) is 52.9 Å². The summed E-state index contributed by atoms with van der Waals surface area (Å²) in [6.07, 6.45) is 7.50. The van der Waals surface area contributed by atoms with E-state index in [1.165, 1.54) is 19.3 Å². The van der Waals surface area contributed by atoms with Crippen molar-refractivity contribution in [2.75, 3.05) is 6.61 Å². The van der Waals surface area contributed by atoms with Crippen molar-refractivity contribution >= 4 is 17.8 Å². The van der Waals surface area contributed by atoms with Gasteiger partial charge in [-0.15, -0.1) is 0 Å². The molecule has 0 aliphatic heterocycles. The molecule has 0 saturated carbocycles. The molecule has 0 atom stereocenters. The molecule has 0 aromatic heterocycles. The summed E-state index contributed by atoms with van der Waals surface area (Å²) in [6, 6.07) is 16.5. The number of ketones is 1. The van der Waals surface area contributed by atoms with Crippen molar-refractivity contribution in [3.05, 3.63) is 76.9 Å². The van der Waals surface area contributed by atoms with E-state index in [4.69, 9.17) is 4.74 Å². The van der Waals surface area contributed by atoms with Gasteiger partial charge in [-0.05, 0) is 30.9 Å². The van der Waals surface area contributed by atoms with E-state index in [0.29, 0.717) is 23.3 Å². The van der Waals surface area contributed by atoms with Gasteiger partial charge in [0.2, 0.25) is 0 Å². The Labute approximate surface area is 174 Å². The summed E-state index contributed by atoms with van der Waals surface area (Å²) in [7, 11) is 0. The minimum Gasteiger partial charge on any atom is -0.462 e. The summed E-state index contributed by atoms with van der Waals surface area (Å²) < 4.78 is 5.36. The van der Waals surface area contributed by atoms with Gasteiger partial charge in [-0.25, -0.2) is 4.79 Å². The summed E-state index contributed by atoms with van der Waals surface area (Å²) in [6.45, 7) is 6.71. The van der Waals surface area contributed by atoms with E-state index in [2.05, 4.69) is 13.8 Å². The largest absolute Gasteiger partial charge is 0.462 e. The summed E-state index contributed by atoms with van der Waals surface area (Å²) in [5.41, 5.74) is 2.73. The number of benzene rings is 2. The van der Waals surface area contributed by atoms with Gasteiger partial charge in [0.15, 0.2) is 5.78 Å². The van der Waals surface area contributed by atoms with E-state index in [9.17, 15) is 9.59 Å². The van der Waals surface area contributed by atoms with Gasteiger partial charge in [-0.2, -0.15) is 0 Å². The second-order valence-corrected chi connectivity index (χ2v) is 7.88. The lowest BCUT2D eigenvalue weighted by molar-refractivity contribution is -0.139. The Balaban J connectivity index is 1.80. The van der Waals surface area contributed by atoms with Crippen LogP contribution < -0.4 is 0 Å². The van der Waals surface area contributed by atoms with Crippen LogP contribution in [0.25, 0.3) is 6.08 Å². The average molecular weight is 393 g/mol. The van der Waals surface area contributed by atoms with Crippen LogP contribution in [0.1, 0.15) is 74.4 Å². The van der Waals surface area contributed by atoms with E-state index in [-0.39, 0.29) is 11.8 Å². The highest BCUT2D eigenvalue weighted by Crippen LogP contribution is 2.14. The van der Waals surface area contributed by atoms with Crippen molar-refractivity contribution in [2.24, 2.45) is 5.92 Å². The second-order valence-electron chi connectivity index (χ2n) is 7.88. The average Bonchev–Trinajstić information content (AvgIpc) is 2.73. The van der Waals surface area contributed by atoms with E-state index in [1.54, 1.807) is 37.3 Å². The highest BCUT2D eigenvalue weighted by Gasteiger charge is 2.09. The predicted octanol–water partition coefficient (Wildman–Crippen LogP) is 6.47. The fourth-order valence-electron chi connectivity index (χ4n) is 3.08. The number of carbonyl (C=O) groups excluding carboxylic acids is 2. The molecule has 0 unspecified atom stereocenters. The highest BCUT2D eigenvalue weighted by atomic mass is 16.5. The third-order valence-corrected chi connectivity index (χ3v) is 4.82. The first-order chi connectivity index (χ1) is 14.0. The third kappa shape index (κ3) is 8.06. The molecule has 0 aliphatic rings. The van der Waals surface area contributed by atoms with Gasteiger partial charge in [-0.3, -0.25) is 4.79 Å². The molecular weight excluding hydrogens is 360 g/mol. The molecule has 0 heterocycles. The number of esters is 1. The first-order valence-corrected chi connectivity index (χ1v) is 10.5. The molecule has 0 radical (unpaired) electrons. The molecule has 29 heavy (non-hydrogen) atoms. The van der Waals surface area contributed by atoms with Crippen LogP contribution in [0.4, 0.5) is 0 Å². The molecule has 2 rings (SSSR count). The number of unbranched alkanes of at least 4 members (excludes halogenated alkanes) is 3. The quantitative estimate of drug-likeness (QED) is 0.190. The number of ether oxygens (including phenoxy) is 1. The molecule has 3 heteroatoms. The van der Waals surface area contributed by atoms with Crippen molar-refractivity contribution < 1.29 is 14.3 Å². The minimum absolute atomic E-state index is 0.00865. The SMILES string of the molecule is C/C(=C\c1ccc(C(=O)c2ccccc2)cc1)C(=O)OCCCCCCC(C)C. The zero-order valence-corrected chi connectivity index (χ0v) is 17.8. The maximum atomic E-state index is 12.4. The van der Waals surface area contributed by atoms with Crippen LogP contribution in [0.2, 0.25) is 0 Å². The van der Waals surface area contributed by atoms with Gasteiger partial charge in [0.25, 0.3) is 0 Å². The third-order valence-electron chi connectivity index (χ3n) is 4.82. The van der Waals surface area contributed by atoms with Crippen LogP contribution >= 0.6 is 0 Å². The topological polar surface area (TPSA) is 43.4 Å². The van der Waals surface area contributed by atoms with Crippen molar-refractivity contribution in [1.29, 1.82) is 0 Å². The Morgan fingerprint density at radius 3 is 2.14 bits per heavy atom. The zero-order valence-electron chi connectivity index (χ0n) is 17.8. The smallest absolute Gasteiger partial charge is 0.333 e. The molecule has 3 nitrogen and oxygen atoms in total. The maximum Gasteiger partial charge on any atom is 0.333 e. The van der Waals surface area contributed by atoms with Crippen molar-refractivity contribution in [3.8, 4) is 0 Å². The summed E-state index contributed by atoms with van der Waals surface area (Å²) in [4.78, 5) is 24.6. The lowest BCUT2D eigenvalue weighted by Gasteiger charge is -2.07. The second kappa shape index (κ2) is 12.0. The van der Waals surface area contributed by atoms with Gasteiger partial charge >= 0.3 is 5.97 Å². The lowest BCUT2D eigenvalue weighted by Crippen LogP contribution is -2.07. The molecule has 0 bridgehead atoms. The summed E-state index contributed by atoms with van der Waals surface area (Å²) in [5.74, 6) is 0.466. The molecule has 0 amide bonds. The number of hydrogen-bond acceptors (Lipinski definition) is 3. The van der Waals surface area contributed by atoms with Crippen LogP contribution in [0.3, 0.4) is 0 Å².